The van der Waals surface area contributed by atoms with E-state index in [0.29, 0.717) is 0 Å². The van der Waals surface area contributed by atoms with Crippen LogP contribution >= 0.6 is 0 Å². The molecule has 0 amide bonds. The van der Waals surface area contributed by atoms with E-state index in [1.807, 2.05) is 95.5 Å². The van der Waals surface area contributed by atoms with Crippen LogP contribution in [0.2, 0.25) is 0 Å². The Morgan fingerprint density at radius 1 is 0.585 bits per heavy atom. The van der Waals surface area contributed by atoms with Crippen LogP contribution < -0.4 is 18.9 Å². The first-order valence-corrected chi connectivity index (χ1v) is 13.3. The molecule has 2 aromatic heterocycles. The van der Waals surface area contributed by atoms with Crippen molar-refractivity contribution in [2.24, 2.45) is 48.6 Å². The SMILES string of the molecule is C.C.CN(CCCCCN(C)c1ccc(N=Nc2n(C)cc[n+]2C)cc1)c1ccc(N=Nc2n(C)cc[n+]2C)cc1. The predicted octanol–water partition coefficient (Wildman–Crippen LogP) is 6.86. The van der Waals surface area contributed by atoms with Crippen molar-refractivity contribution in [3.63, 3.8) is 0 Å². The zero-order valence-corrected chi connectivity index (χ0v) is 23.9. The standard InChI is InChI=1S/C29H40N10.2CH4/c1-34(26-14-10-24(11-15-26)30-32-28-36(3)20-21-37(28)4)18-8-7-9-19-35(2)27-16-12-25(13-17-27)31-33-29-38(5)22-23-39(29)6;;/h10-17,20-23H,7-9,18-19H2,1-6H3;2*1H4/q+2;;. The zero-order valence-electron chi connectivity index (χ0n) is 23.9. The third-order valence-electron chi connectivity index (χ3n) is 6.87. The lowest BCUT2D eigenvalue weighted by atomic mass is 10.2. The minimum atomic E-state index is 0. The van der Waals surface area contributed by atoms with Crippen LogP contribution in [0.15, 0.2) is 93.8 Å². The summed E-state index contributed by atoms with van der Waals surface area (Å²) < 4.78 is 7.78. The highest BCUT2D eigenvalue weighted by molar-refractivity contribution is 5.53. The third-order valence-corrected chi connectivity index (χ3v) is 6.87. The van der Waals surface area contributed by atoms with Crippen molar-refractivity contribution in [1.29, 1.82) is 0 Å². The minimum Gasteiger partial charge on any atom is -0.375 e. The summed E-state index contributed by atoms with van der Waals surface area (Å²) in [5.41, 5.74) is 4.07. The van der Waals surface area contributed by atoms with E-state index in [0.717, 1.165) is 49.2 Å². The van der Waals surface area contributed by atoms with Crippen LogP contribution in [0.4, 0.5) is 34.6 Å². The number of hydrogen-bond acceptors (Lipinski definition) is 6. The first-order valence-electron chi connectivity index (χ1n) is 13.3. The predicted molar refractivity (Wildman–Crippen MR) is 168 cm³/mol. The molecule has 2 heterocycles. The van der Waals surface area contributed by atoms with Crippen LogP contribution in [0.25, 0.3) is 0 Å². The lowest BCUT2D eigenvalue weighted by Gasteiger charge is -2.21. The maximum Gasteiger partial charge on any atom is 0.421 e. The fourth-order valence-electron chi connectivity index (χ4n) is 4.33. The first-order chi connectivity index (χ1) is 18.8. The van der Waals surface area contributed by atoms with Crippen molar-refractivity contribution in [2.45, 2.75) is 34.1 Å². The minimum absolute atomic E-state index is 0. The summed E-state index contributed by atoms with van der Waals surface area (Å²) in [5, 5.41) is 17.5. The molecule has 10 heteroatoms. The van der Waals surface area contributed by atoms with Gasteiger partial charge in [-0.2, -0.15) is 0 Å². The van der Waals surface area contributed by atoms with Crippen LogP contribution in [-0.4, -0.2) is 36.3 Å². The Morgan fingerprint density at radius 3 is 1.27 bits per heavy atom. The number of unbranched alkanes of at least 4 members (excludes halogenated alkanes) is 2. The maximum absolute atomic E-state index is 4.38. The molecule has 10 nitrogen and oxygen atoms in total. The molecule has 0 aliphatic heterocycles. The van der Waals surface area contributed by atoms with Gasteiger partial charge in [0.25, 0.3) is 0 Å². The van der Waals surface area contributed by atoms with E-state index in [1.165, 1.54) is 17.8 Å². The number of aryl methyl sites for hydroxylation is 4. The highest BCUT2D eigenvalue weighted by Crippen LogP contribution is 2.22. The van der Waals surface area contributed by atoms with Gasteiger partial charge < -0.3 is 9.80 Å². The van der Waals surface area contributed by atoms with Crippen LogP contribution in [0.1, 0.15) is 34.1 Å². The number of imidazole rings is 2. The smallest absolute Gasteiger partial charge is 0.375 e. The van der Waals surface area contributed by atoms with E-state index < -0.39 is 0 Å². The second-order valence-electron chi connectivity index (χ2n) is 9.98. The van der Waals surface area contributed by atoms with Crippen LogP contribution in [-0.2, 0) is 28.2 Å². The Morgan fingerprint density at radius 2 is 0.951 bits per heavy atom. The van der Waals surface area contributed by atoms with E-state index in [1.54, 1.807) is 0 Å². The number of nitrogens with zero attached hydrogens (tertiary/aromatic N) is 10. The van der Waals surface area contributed by atoms with E-state index in [-0.39, 0.29) is 14.9 Å². The first kappa shape index (κ1) is 32.9. The summed E-state index contributed by atoms with van der Waals surface area (Å²) in [4.78, 5) is 4.59. The molecule has 2 aromatic carbocycles. The number of benzene rings is 2. The van der Waals surface area contributed by atoms with Crippen molar-refractivity contribution in [3.8, 4) is 0 Å². The lowest BCUT2D eigenvalue weighted by molar-refractivity contribution is -0.657. The van der Waals surface area contributed by atoms with Gasteiger partial charge in [0.2, 0.25) is 0 Å². The molecule has 0 N–H and O–H groups in total. The molecule has 220 valence electrons. The molecule has 0 bridgehead atoms. The fraction of sp³-hybridized carbons (Fsp3) is 0.419. The van der Waals surface area contributed by atoms with Crippen molar-refractivity contribution < 1.29 is 9.13 Å². The van der Waals surface area contributed by atoms with E-state index in [4.69, 9.17) is 0 Å². The van der Waals surface area contributed by atoms with Gasteiger partial charge in [-0.15, -0.1) is 0 Å². The average molecular weight is 561 g/mol. The molecule has 0 unspecified atom stereocenters. The molecule has 0 spiro atoms. The van der Waals surface area contributed by atoms with Crippen molar-refractivity contribution >= 4 is 34.6 Å². The molecule has 4 rings (SSSR count). The summed E-state index contributed by atoms with van der Waals surface area (Å²) in [6.07, 6.45) is 11.3. The third kappa shape index (κ3) is 8.83. The molecule has 0 atom stereocenters. The fourth-order valence-corrected chi connectivity index (χ4v) is 4.33. The van der Waals surface area contributed by atoms with Gasteiger partial charge in [0.05, 0.1) is 53.0 Å². The van der Waals surface area contributed by atoms with Crippen molar-refractivity contribution in [1.82, 2.24) is 9.13 Å². The van der Waals surface area contributed by atoms with Gasteiger partial charge in [0.15, 0.2) is 0 Å². The van der Waals surface area contributed by atoms with Gasteiger partial charge in [0, 0.05) is 48.8 Å². The Hall–Kier alpha value is -4.34. The van der Waals surface area contributed by atoms with Gasteiger partial charge in [-0.05, 0) is 67.8 Å². The Kier molecular flexibility index (Phi) is 12.4. The monoisotopic (exact) mass is 560 g/mol. The van der Waals surface area contributed by atoms with E-state index >= 15 is 0 Å². The molecule has 0 saturated heterocycles. The van der Waals surface area contributed by atoms with Crippen molar-refractivity contribution in [2.75, 3.05) is 37.0 Å². The Balaban J connectivity index is 0.00000294. The van der Waals surface area contributed by atoms with E-state index in [2.05, 4.69) is 68.6 Å². The van der Waals surface area contributed by atoms with Crippen molar-refractivity contribution in [3.05, 3.63) is 73.3 Å². The maximum atomic E-state index is 4.38. The lowest BCUT2D eigenvalue weighted by Crippen LogP contribution is -2.25. The highest BCUT2D eigenvalue weighted by Gasteiger charge is 2.11. The molecule has 0 saturated carbocycles. The quantitative estimate of drug-likeness (QED) is 0.108. The molecule has 0 fully saturated rings. The number of aromatic nitrogens is 4. The number of azo groups is 2. The van der Waals surface area contributed by atoms with Gasteiger partial charge in [-0.3, -0.25) is 0 Å². The molecular formula is C31H48N10+2. The summed E-state index contributed by atoms with van der Waals surface area (Å²) in [6, 6.07) is 16.5. The van der Waals surface area contributed by atoms with Gasteiger partial charge in [0.1, 0.15) is 11.4 Å². The second-order valence-corrected chi connectivity index (χ2v) is 9.98. The Labute approximate surface area is 245 Å². The average Bonchev–Trinajstić information content (AvgIpc) is 3.44. The van der Waals surface area contributed by atoms with Gasteiger partial charge in [-0.1, -0.05) is 25.1 Å². The number of anilines is 2. The summed E-state index contributed by atoms with van der Waals surface area (Å²) in [7, 11) is 12.1. The zero-order chi connectivity index (χ0) is 27.8. The highest BCUT2D eigenvalue weighted by atomic mass is 15.3. The van der Waals surface area contributed by atoms with Crippen LogP contribution in [0.5, 0.6) is 0 Å². The summed E-state index contributed by atoms with van der Waals surface area (Å²) >= 11 is 0. The molecular weight excluding hydrogens is 512 g/mol. The molecule has 41 heavy (non-hydrogen) atoms. The molecule has 0 radical (unpaired) electrons. The summed E-state index contributed by atoms with van der Waals surface area (Å²) in [6.45, 7) is 2.03. The number of rotatable bonds is 12. The van der Waals surface area contributed by atoms with Gasteiger partial charge >= 0.3 is 11.9 Å². The Bertz CT molecular complexity index is 1250. The second kappa shape index (κ2) is 15.4. The topological polar surface area (TPSA) is 73.5 Å². The van der Waals surface area contributed by atoms with Crippen LogP contribution in [0, 0.1) is 0 Å². The largest absolute Gasteiger partial charge is 0.421 e. The summed E-state index contributed by atoms with van der Waals surface area (Å²) in [5.74, 6) is 1.61. The number of hydrogen-bond donors (Lipinski definition) is 0. The van der Waals surface area contributed by atoms with E-state index in [9.17, 15) is 0 Å². The molecule has 4 aromatic rings. The van der Waals surface area contributed by atoms with Gasteiger partial charge in [-0.25, -0.2) is 18.3 Å². The molecule has 0 aliphatic rings. The molecule has 0 aliphatic carbocycles. The normalized spacial score (nSPS) is 11.1. The van der Waals surface area contributed by atoms with Crippen LogP contribution in [0.3, 0.4) is 0 Å².